The Morgan fingerprint density at radius 2 is 1.11 bits per heavy atom. The van der Waals surface area contributed by atoms with Crippen molar-refractivity contribution in [3.05, 3.63) is 47.5 Å². The Morgan fingerprint density at radius 3 is 1.52 bits per heavy atom. The third-order valence-electron chi connectivity index (χ3n) is 4.60. The average molecular weight is 418 g/mol. The maximum absolute atomic E-state index is 9.88. The summed E-state index contributed by atoms with van der Waals surface area (Å²) in [6.07, 6.45) is 7.00. The molecule has 0 aromatic heterocycles. The van der Waals surface area contributed by atoms with Crippen molar-refractivity contribution >= 4 is 12.4 Å². The van der Waals surface area contributed by atoms with Crippen LogP contribution in [0.15, 0.2) is 46.4 Å². The molecule has 0 saturated heterocycles. The van der Waals surface area contributed by atoms with Gasteiger partial charge in [-0.05, 0) is 37.1 Å². The van der Waals surface area contributed by atoms with Gasteiger partial charge in [0, 0.05) is 40.6 Å². The summed E-state index contributed by atoms with van der Waals surface area (Å²) in [5.41, 5.74) is 0.924. The summed E-state index contributed by atoms with van der Waals surface area (Å²) >= 11 is 0. The van der Waals surface area contributed by atoms with Gasteiger partial charge in [-0.25, -0.2) is 0 Å². The van der Waals surface area contributed by atoms with Crippen molar-refractivity contribution in [2.75, 3.05) is 0 Å². The van der Waals surface area contributed by atoms with Crippen LogP contribution in [0.5, 0.6) is 23.0 Å². The van der Waals surface area contributed by atoms with E-state index in [1.165, 1.54) is 12.1 Å². The number of aromatic hydroxyl groups is 4. The van der Waals surface area contributed by atoms with E-state index in [-0.39, 0.29) is 52.2 Å². The maximum Gasteiger partial charge on any atom is 0.166 e. The number of phenolic OH excluding ortho intramolecular Hbond substituents is 4. The van der Waals surface area contributed by atoms with Crippen molar-refractivity contribution in [1.82, 2.24) is 0 Å². The van der Waals surface area contributed by atoms with Crippen LogP contribution in [0.4, 0.5) is 0 Å². The summed E-state index contributed by atoms with van der Waals surface area (Å²) in [6.45, 7) is 0. The molecule has 2 atom stereocenters. The first-order valence-corrected chi connectivity index (χ1v) is 8.64. The Morgan fingerprint density at radius 1 is 0.704 bits per heavy atom. The number of nitrogens with zero attached hydrogens (tertiary/aromatic N) is 2. The molecule has 2 aromatic rings. The topological polar surface area (TPSA) is 106 Å². The number of rotatable bonds is 4. The first kappa shape index (κ1) is 20.8. The smallest absolute Gasteiger partial charge is 0.166 e. The number of aliphatic imine (C=N–C) groups is 2. The van der Waals surface area contributed by atoms with Gasteiger partial charge in [0.2, 0.25) is 0 Å². The van der Waals surface area contributed by atoms with Gasteiger partial charge < -0.3 is 20.4 Å². The first-order valence-electron chi connectivity index (χ1n) is 8.64. The van der Waals surface area contributed by atoms with Crippen molar-refractivity contribution in [1.29, 1.82) is 0 Å². The van der Waals surface area contributed by atoms with Crippen LogP contribution in [0.3, 0.4) is 0 Å². The molecule has 1 aliphatic rings. The second-order valence-electron chi connectivity index (χ2n) is 6.41. The maximum atomic E-state index is 9.88. The van der Waals surface area contributed by atoms with E-state index in [2.05, 4.69) is 9.98 Å². The fourth-order valence-electron chi connectivity index (χ4n) is 3.10. The van der Waals surface area contributed by atoms with Gasteiger partial charge in [0.1, 0.15) is 0 Å². The molecular weight excluding hydrogens is 396 g/mol. The molecular formula is C20H22CuN2O4. The van der Waals surface area contributed by atoms with Crippen LogP contribution in [-0.2, 0) is 17.1 Å². The molecule has 0 bridgehead atoms. The van der Waals surface area contributed by atoms with Crippen LogP contribution in [-0.4, -0.2) is 44.9 Å². The van der Waals surface area contributed by atoms with E-state index in [0.29, 0.717) is 11.1 Å². The van der Waals surface area contributed by atoms with Gasteiger partial charge in [-0.2, -0.15) is 0 Å². The third kappa shape index (κ3) is 5.02. The van der Waals surface area contributed by atoms with E-state index in [1.807, 2.05) is 0 Å². The van der Waals surface area contributed by atoms with Crippen LogP contribution in [0.25, 0.3) is 0 Å². The summed E-state index contributed by atoms with van der Waals surface area (Å²) < 4.78 is 0. The second-order valence-corrected chi connectivity index (χ2v) is 6.41. The van der Waals surface area contributed by atoms with Gasteiger partial charge in [-0.3, -0.25) is 9.98 Å². The summed E-state index contributed by atoms with van der Waals surface area (Å²) in [5, 5.41) is 38.9. The fourth-order valence-corrected chi connectivity index (χ4v) is 3.10. The predicted octanol–water partition coefficient (Wildman–Crippen LogP) is 3.36. The van der Waals surface area contributed by atoms with E-state index in [1.54, 1.807) is 36.7 Å². The van der Waals surface area contributed by atoms with E-state index in [0.717, 1.165) is 25.7 Å². The molecule has 0 unspecified atom stereocenters. The molecule has 1 fully saturated rings. The molecule has 0 heterocycles. The summed E-state index contributed by atoms with van der Waals surface area (Å²) in [6, 6.07) is 9.43. The quantitative estimate of drug-likeness (QED) is 0.347. The molecule has 3 rings (SSSR count). The minimum absolute atomic E-state index is 0. The molecule has 27 heavy (non-hydrogen) atoms. The zero-order valence-corrected chi connectivity index (χ0v) is 15.5. The van der Waals surface area contributed by atoms with Gasteiger partial charge in [0.05, 0.1) is 12.1 Å². The Labute approximate surface area is 168 Å². The second kappa shape index (κ2) is 9.44. The Bertz CT molecular complexity index is 769. The van der Waals surface area contributed by atoms with Gasteiger partial charge in [-0.15, -0.1) is 0 Å². The SMILES string of the molecule is Oc1cccc(C=N[C@@H]2CCCC[C@H]2N=Cc2cccc(O)c2O)c1O.[Cu]. The molecule has 0 aliphatic heterocycles. The molecule has 0 spiro atoms. The van der Waals surface area contributed by atoms with E-state index in [4.69, 9.17) is 0 Å². The van der Waals surface area contributed by atoms with Crippen LogP contribution < -0.4 is 0 Å². The molecule has 1 aliphatic carbocycles. The molecule has 2 aromatic carbocycles. The van der Waals surface area contributed by atoms with Crippen molar-refractivity contribution in [3.8, 4) is 23.0 Å². The van der Waals surface area contributed by atoms with Crippen molar-refractivity contribution in [2.24, 2.45) is 9.98 Å². The number of hydrogen-bond acceptors (Lipinski definition) is 6. The number of phenols is 4. The number of benzene rings is 2. The Kier molecular flexibility index (Phi) is 7.27. The van der Waals surface area contributed by atoms with Crippen LogP contribution in [0.1, 0.15) is 36.8 Å². The minimum atomic E-state index is -0.184. The monoisotopic (exact) mass is 417 g/mol. The van der Waals surface area contributed by atoms with Gasteiger partial charge in [0.25, 0.3) is 0 Å². The molecule has 0 amide bonds. The van der Waals surface area contributed by atoms with Gasteiger partial charge in [0.15, 0.2) is 23.0 Å². The Hall–Kier alpha value is -2.50. The van der Waals surface area contributed by atoms with Crippen LogP contribution >= 0.6 is 0 Å². The van der Waals surface area contributed by atoms with E-state index >= 15 is 0 Å². The van der Waals surface area contributed by atoms with Crippen LogP contribution in [0.2, 0.25) is 0 Å². The summed E-state index contributed by atoms with van der Waals surface area (Å²) in [7, 11) is 0. The largest absolute Gasteiger partial charge is 0.504 e. The van der Waals surface area contributed by atoms with Crippen molar-refractivity contribution < 1.29 is 37.5 Å². The minimum Gasteiger partial charge on any atom is -0.504 e. The summed E-state index contributed by atoms with van der Waals surface area (Å²) in [4.78, 5) is 9.13. The number of hydrogen-bond donors (Lipinski definition) is 4. The number of para-hydroxylation sites is 2. The average Bonchev–Trinajstić information content (AvgIpc) is 2.65. The summed E-state index contributed by atoms with van der Waals surface area (Å²) in [5.74, 6) is -0.716. The molecule has 147 valence electrons. The third-order valence-corrected chi connectivity index (χ3v) is 4.60. The normalized spacial score (nSPS) is 20.0. The van der Waals surface area contributed by atoms with Gasteiger partial charge in [-0.1, -0.05) is 25.0 Å². The molecule has 7 heteroatoms. The van der Waals surface area contributed by atoms with Crippen LogP contribution in [0, 0.1) is 0 Å². The standard InChI is InChI=1S/C20H22N2O4.Cu/c23-17-9-3-5-13(19(17)25)11-21-15-7-1-2-8-16(15)22-12-14-6-4-10-18(24)20(14)26;/h3-6,9-12,15-16,23-26H,1-2,7-8H2;/t15-,16-;/m1./s1. The fraction of sp³-hybridized carbons (Fsp3) is 0.300. The molecule has 4 N–H and O–H groups in total. The Balaban J connectivity index is 0.00000261. The zero-order chi connectivity index (χ0) is 18.5. The predicted molar refractivity (Wildman–Crippen MR) is 101 cm³/mol. The molecule has 6 nitrogen and oxygen atoms in total. The van der Waals surface area contributed by atoms with Crippen molar-refractivity contribution in [3.63, 3.8) is 0 Å². The molecule has 1 saturated carbocycles. The first-order chi connectivity index (χ1) is 12.6. The van der Waals surface area contributed by atoms with E-state index < -0.39 is 0 Å². The van der Waals surface area contributed by atoms with E-state index in [9.17, 15) is 20.4 Å². The molecule has 1 radical (unpaired) electrons. The zero-order valence-electron chi connectivity index (χ0n) is 14.6. The van der Waals surface area contributed by atoms with Crippen molar-refractivity contribution in [2.45, 2.75) is 37.8 Å². The van der Waals surface area contributed by atoms with Gasteiger partial charge >= 0.3 is 0 Å².